The summed E-state index contributed by atoms with van der Waals surface area (Å²) in [5.41, 5.74) is 3.93. The van der Waals surface area contributed by atoms with Gasteiger partial charge in [-0.3, -0.25) is 4.98 Å². The summed E-state index contributed by atoms with van der Waals surface area (Å²) in [6.07, 6.45) is 1.82. The van der Waals surface area contributed by atoms with E-state index in [1.54, 1.807) is 19.2 Å². The molecule has 2 rings (SSSR count). The monoisotopic (exact) mass is 288 g/mol. The van der Waals surface area contributed by atoms with Crippen LogP contribution < -0.4 is 10.1 Å². The summed E-state index contributed by atoms with van der Waals surface area (Å²) in [6, 6.07) is 6.69. The van der Waals surface area contributed by atoms with E-state index in [9.17, 15) is 4.39 Å². The zero-order valence-electron chi connectivity index (χ0n) is 12.9. The van der Waals surface area contributed by atoms with Crippen molar-refractivity contribution in [3.63, 3.8) is 0 Å². The Morgan fingerprint density at radius 2 is 2.10 bits per heavy atom. The third-order valence-electron chi connectivity index (χ3n) is 3.67. The number of hydrogen-bond acceptors (Lipinski definition) is 3. The SMILES string of the molecule is COc1c(C)cnc(CNC(C)c2cccc(F)c2)c1C. The Balaban J connectivity index is 2.10. The van der Waals surface area contributed by atoms with Crippen LogP contribution in [0.25, 0.3) is 0 Å². The molecule has 3 nitrogen and oxygen atoms in total. The Kier molecular flexibility index (Phi) is 4.91. The van der Waals surface area contributed by atoms with Gasteiger partial charge in [-0.25, -0.2) is 4.39 Å². The maximum atomic E-state index is 13.2. The van der Waals surface area contributed by atoms with Gasteiger partial charge in [0.1, 0.15) is 11.6 Å². The lowest BCUT2D eigenvalue weighted by molar-refractivity contribution is 0.406. The number of nitrogens with one attached hydrogen (secondary N) is 1. The van der Waals surface area contributed by atoms with Crippen LogP contribution in [0, 0.1) is 19.7 Å². The minimum Gasteiger partial charge on any atom is -0.496 e. The number of aromatic nitrogens is 1. The second-order valence-corrected chi connectivity index (χ2v) is 5.20. The van der Waals surface area contributed by atoms with Gasteiger partial charge in [-0.05, 0) is 38.5 Å². The van der Waals surface area contributed by atoms with Crippen LogP contribution in [0.15, 0.2) is 30.5 Å². The van der Waals surface area contributed by atoms with E-state index in [1.165, 1.54) is 6.07 Å². The van der Waals surface area contributed by atoms with Gasteiger partial charge in [0.25, 0.3) is 0 Å². The van der Waals surface area contributed by atoms with E-state index >= 15 is 0 Å². The zero-order valence-corrected chi connectivity index (χ0v) is 12.9. The van der Waals surface area contributed by atoms with Crippen molar-refractivity contribution in [1.29, 1.82) is 0 Å². The topological polar surface area (TPSA) is 34.1 Å². The number of ether oxygens (including phenoxy) is 1. The minimum atomic E-state index is -0.215. The van der Waals surface area contributed by atoms with Gasteiger partial charge in [-0.1, -0.05) is 12.1 Å². The van der Waals surface area contributed by atoms with Gasteiger partial charge in [0.2, 0.25) is 0 Å². The van der Waals surface area contributed by atoms with Crippen molar-refractivity contribution in [2.24, 2.45) is 0 Å². The molecule has 1 aromatic carbocycles. The minimum absolute atomic E-state index is 0.0502. The molecule has 0 spiro atoms. The molecule has 0 bridgehead atoms. The quantitative estimate of drug-likeness (QED) is 0.911. The highest BCUT2D eigenvalue weighted by atomic mass is 19.1. The van der Waals surface area contributed by atoms with E-state index in [4.69, 9.17) is 4.74 Å². The Morgan fingerprint density at radius 3 is 2.76 bits per heavy atom. The lowest BCUT2D eigenvalue weighted by Gasteiger charge is -2.16. The summed E-state index contributed by atoms with van der Waals surface area (Å²) >= 11 is 0. The van der Waals surface area contributed by atoms with Crippen molar-refractivity contribution in [2.75, 3.05) is 7.11 Å². The Hall–Kier alpha value is -1.94. The predicted molar refractivity (Wildman–Crippen MR) is 81.9 cm³/mol. The van der Waals surface area contributed by atoms with Gasteiger partial charge in [-0.2, -0.15) is 0 Å². The Bertz CT molecular complexity index is 628. The molecule has 112 valence electrons. The fraction of sp³-hybridized carbons (Fsp3) is 0.353. The van der Waals surface area contributed by atoms with E-state index in [2.05, 4.69) is 10.3 Å². The first-order chi connectivity index (χ1) is 10.0. The molecule has 0 aliphatic heterocycles. The van der Waals surface area contributed by atoms with Crippen LogP contribution in [0.2, 0.25) is 0 Å². The smallest absolute Gasteiger partial charge is 0.128 e. The molecule has 1 unspecified atom stereocenters. The third-order valence-corrected chi connectivity index (χ3v) is 3.67. The first kappa shape index (κ1) is 15.4. The second-order valence-electron chi connectivity index (χ2n) is 5.20. The number of halogens is 1. The molecule has 2 aromatic rings. The predicted octanol–water partition coefficient (Wildman–Crippen LogP) is 3.70. The molecule has 0 saturated carbocycles. The van der Waals surface area contributed by atoms with Gasteiger partial charge in [0, 0.05) is 29.9 Å². The first-order valence-corrected chi connectivity index (χ1v) is 7.01. The van der Waals surface area contributed by atoms with Crippen LogP contribution in [-0.4, -0.2) is 12.1 Å². The first-order valence-electron chi connectivity index (χ1n) is 7.01. The van der Waals surface area contributed by atoms with E-state index < -0.39 is 0 Å². The summed E-state index contributed by atoms with van der Waals surface area (Å²) in [4.78, 5) is 4.45. The van der Waals surface area contributed by atoms with Crippen molar-refractivity contribution < 1.29 is 9.13 Å². The average Bonchev–Trinajstić information content (AvgIpc) is 2.46. The number of pyridine rings is 1. The van der Waals surface area contributed by atoms with E-state index in [-0.39, 0.29) is 11.9 Å². The number of methoxy groups -OCH3 is 1. The fourth-order valence-electron chi connectivity index (χ4n) is 2.39. The van der Waals surface area contributed by atoms with Crippen LogP contribution in [0.4, 0.5) is 4.39 Å². The maximum Gasteiger partial charge on any atom is 0.128 e. The molecular weight excluding hydrogens is 267 g/mol. The Labute approximate surface area is 125 Å². The standard InChI is InChI=1S/C17H21FN2O/c1-11-9-20-16(12(2)17(11)21-4)10-19-13(3)14-6-5-7-15(18)8-14/h5-9,13,19H,10H2,1-4H3. The third kappa shape index (κ3) is 3.58. The largest absolute Gasteiger partial charge is 0.496 e. The summed E-state index contributed by atoms with van der Waals surface area (Å²) in [7, 11) is 1.67. The van der Waals surface area contributed by atoms with E-state index in [1.807, 2.05) is 33.0 Å². The molecule has 21 heavy (non-hydrogen) atoms. The number of hydrogen-bond donors (Lipinski definition) is 1. The second kappa shape index (κ2) is 6.68. The van der Waals surface area contributed by atoms with E-state index in [0.29, 0.717) is 6.54 Å². The molecule has 0 aliphatic rings. The van der Waals surface area contributed by atoms with Crippen molar-refractivity contribution in [3.8, 4) is 5.75 Å². The number of aryl methyl sites for hydroxylation is 1. The molecule has 0 radical (unpaired) electrons. The highest BCUT2D eigenvalue weighted by molar-refractivity contribution is 5.41. The van der Waals surface area contributed by atoms with Crippen LogP contribution in [0.1, 0.15) is 35.3 Å². The van der Waals surface area contributed by atoms with Gasteiger partial charge in [0.05, 0.1) is 12.8 Å². The van der Waals surface area contributed by atoms with Gasteiger partial charge >= 0.3 is 0 Å². The molecule has 0 amide bonds. The van der Waals surface area contributed by atoms with Crippen molar-refractivity contribution in [3.05, 3.63) is 58.7 Å². The van der Waals surface area contributed by atoms with Crippen molar-refractivity contribution in [1.82, 2.24) is 10.3 Å². The molecule has 1 atom stereocenters. The lowest BCUT2D eigenvalue weighted by Crippen LogP contribution is -2.19. The van der Waals surface area contributed by atoms with Gasteiger partial charge in [0.15, 0.2) is 0 Å². The zero-order chi connectivity index (χ0) is 15.4. The van der Waals surface area contributed by atoms with Crippen LogP contribution in [0.5, 0.6) is 5.75 Å². The molecule has 1 heterocycles. The molecule has 1 aromatic heterocycles. The molecule has 0 fully saturated rings. The van der Waals surface area contributed by atoms with Crippen LogP contribution >= 0.6 is 0 Å². The van der Waals surface area contributed by atoms with Gasteiger partial charge < -0.3 is 10.1 Å². The summed E-state index contributed by atoms with van der Waals surface area (Å²) < 4.78 is 18.6. The number of nitrogens with zero attached hydrogens (tertiary/aromatic N) is 1. The average molecular weight is 288 g/mol. The molecular formula is C17H21FN2O. The highest BCUT2D eigenvalue weighted by Crippen LogP contribution is 2.24. The fourth-order valence-corrected chi connectivity index (χ4v) is 2.39. The molecule has 0 saturated heterocycles. The van der Waals surface area contributed by atoms with Gasteiger partial charge in [-0.15, -0.1) is 0 Å². The van der Waals surface area contributed by atoms with E-state index in [0.717, 1.165) is 28.1 Å². The lowest BCUT2D eigenvalue weighted by atomic mass is 10.1. The summed E-state index contributed by atoms with van der Waals surface area (Å²) in [5.74, 6) is 0.660. The molecule has 4 heteroatoms. The number of rotatable bonds is 5. The van der Waals surface area contributed by atoms with Crippen LogP contribution in [0.3, 0.4) is 0 Å². The van der Waals surface area contributed by atoms with Crippen LogP contribution in [-0.2, 0) is 6.54 Å². The van der Waals surface area contributed by atoms with Crippen molar-refractivity contribution >= 4 is 0 Å². The maximum absolute atomic E-state index is 13.2. The molecule has 0 aliphatic carbocycles. The normalized spacial score (nSPS) is 12.2. The number of benzene rings is 1. The highest BCUT2D eigenvalue weighted by Gasteiger charge is 2.11. The Morgan fingerprint density at radius 1 is 1.33 bits per heavy atom. The van der Waals surface area contributed by atoms with Crippen molar-refractivity contribution in [2.45, 2.75) is 33.4 Å². The molecule has 1 N–H and O–H groups in total. The summed E-state index contributed by atoms with van der Waals surface area (Å²) in [6.45, 7) is 6.60. The summed E-state index contributed by atoms with van der Waals surface area (Å²) in [5, 5.41) is 3.37.